The van der Waals surface area contributed by atoms with Crippen molar-refractivity contribution in [1.82, 2.24) is 10.3 Å². The molecule has 94 valence electrons. The van der Waals surface area contributed by atoms with E-state index in [0.29, 0.717) is 0 Å². The van der Waals surface area contributed by atoms with E-state index in [1.807, 2.05) is 20.8 Å². The van der Waals surface area contributed by atoms with Gasteiger partial charge in [-0.25, -0.2) is 5.84 Å². The van der Waals surface area contributed by atoms with E-state index in [0.717, 1.165) is 19.5 Å². The van der Waals surface area contributed by atoms with Gasteiger partial charge in [0.05, 0.1) is 12.1 Å². The van der Waals surface area contributed by atoms with E-state index < -0.39 is 0 Å². The Hall–Kier alpha value is -0.650. The van der Waals surface area contributed by atoms with Gasteiger partial charge in [0.1, 0.15) is 0 Å². The Morgan fingerprint density at radius 2 is 2.12 bits per heavy atom. The zero-order valence-electron chi connectivity index (χ0n) is 10.3. The van der Waals surface area contributed by atoms with Crippen LogP contribution < -0.4 is 11.3 Å². The Kier molecular flexibility index (Phi) is 4.70. The van der Waals surface area contributed by atoms with Crippen LogP contribution in [-0.4, -0.2) is 41.1 Å². The Morgan fingerprint density at radius 3 is 2.50 bits per heavy atom. The molecule has 0 aromatic rings. The minimum atomic E-state index is -0.307. The first kappa shape index (κ1) is 13.4. The Morgan fingerprint density at radius 1 is 1.50 bits per heavy atom. The van der Waals surface area contributed by atoms with Crippen molar-refractivity contribution in [2.45, 2.75) is 39.3 Å². The lowest BCUT2D eigenvalue weighted by atomic mass is 10.0. The van der Waals surface area contributed by atoms with Crippen LogP contribution >= 0.6 is 0 Å². The van der Waals surface area contributed by atoms with Crippen LogP contribution in [0.25, 0.3) is 0 Å². The van der Waals surface area contributed by atoms with Gasteiger partial charge in [0.2, 0.25) is 0 Å². The number of rotatable bonds is 4. The fourth-order valence-electron chi connectivity index (χ4n) is 2.44. The maximum absolute atomic E-state index is 11.7. The number of aliphatic hydroxyl groups excluding tert-OH is 1. The van der Waals surface area contributed by atoms with Gasteiger partial charge in [-0.3, -0.25) is 15.1 Å². The molecule has 0 radical (unpaired) electrons. The second kappa shape index (κ2) is 5.61. The molecule has 1 fully saturated rings. The predicted molar refractivity (Wildman–Crippen MR) is 62.3 cm³/mol. The summed E-state index contributed by atoms with van der Waals surface area (Å²) in [6.45, 7) is 7.45. The summed E-state index contributed by atoms with van der Waals surface area (Å²) in [4.78, 5) is 13.8. The lowest BCUT2D eigenvalue weighted by molar-refractivity contribution is -0.127. The highest BCUT2D eigenvalue weighted by atomic mass is 16.3. The van der Waals surface area contributed by atoms with Crippen molar-refractivity contribution in [2.24, 2.45) is 17.7 Å². The minimum absolute atomic E-state index is 0.138. The average Bonchev–Trinajstić information content (AvgIpc) is 2.66. The summed E-state index contributed by atoms with van der Waals surface area (Å²) in [5.74, 6) is 5.55. The third-order valence-electron chi connectivity index (χ3n) is 3.37. The van der Waals surface area contributed by atoms with Crippen LogP contribution in [0, 0.1) is 11.8 Å². The molecule has 16 heavy (non-hydrogen) atoms. The summed E-state index contributed by atoms with van der Waals surface area (Å²) in [7, 11) is 0. The van der Waals surface area contributed by atoms with Crippen LogP contribution in [0.15, 0.2) is 0 Å². The number of hydrogen-bond donors (Lipinski definition) is 3. The smallest absolute Gasteiger partial charge is 0.251 e. The van der Waals surface area contributed by atoms with Crippen molar-refractivity contribution in [2.75, 3.05) is 13.1 Å². The SMILES string of the molecule is CC(C)C(C(=O)NN)N1CCC(C(C)O)C1. The van der Waals surface area contributed by atoms with Gasteiger partial charge >= 0.3 is 0 Å². The standard InChI is InChI=1S/C11H23N3O2/c1-7(2)10(11(16)13-12)14-5-4-9(6-14)8(3)15/h7-10,15H,4-6,12H2,1-3H3,(H,13,16). The number of hydrogen-bond acceptors (Lipinski definition) is 4. The van der Waals surface area contributed by atoms with Crippen LogP contribution in [0.2, 0.25) is 0 Å². The third kappa shape index (κ3) is 2.93. The molecule has 0 spiro atoms. The molecule has 3 unspecified atom stereocenters. The van der Waals surface area contributed by atoms with Gasteiger partial charge in [0.15, 0.2) is 0 Å². The van der Waals surface area contributed by atoms with Crippen LogP contribution in [0.3, 0.4) is 0 Å². The summed E-state index contributed by atoms with van der Waals surface area (Å²) in [5, 5.41) is 9.53. The molecule has 5 heteroatoms. The molecule has 1 heterocycles. The summed E-state index contributed by atoms with van der Waals surface area (Å²) < 4.78 is 0. The number of nitrogens with zero attached hydrogens (tertiary/aromatic N) is 1. The van der Waals surface area contributed by atoms with E-state index in [9.17, 15) is 9.90 Å². The maximum atomic E-state index is 11.7. The second-order valence-corrected chi connectivity index (χ2v) is 4.98. The van der Waals surface area contributed by atoms with E-state index in [2.05, 4.69) is 10.3 Å². The number of carbonyl (C=O) groups is 1. The molecule has 1 aliphatic rings. The second-order valence-electron chi connectivity index (χ2n) is 4.98. The fraction of sp³-hybridized carbons (Fsp3) is 0.909. The first-order chi connectivity index (χ1) is 7.47. The van der Waals surface area contributed by atoms with E-state index in [1.165, 1.54) is 0 Å². The van der Waals surface area contributed by atoms with E-state index in [1.54, 1.807) is 0 Å². The van der Waals surface area contributed by atoms with Crippen molar-refractivity contribution in [1.29, 1.82) is 0 Å². The van der Waals surface area contributed by atoms with Crippen molar-refractivity contribution in [3.8, 4) is 0 Å². The number of hydrazine groups is 1. The lowest BCUT2D eigenvalue weighted by Gasteiger charge is -2.29. The van der Waals surface area contributed by atoms with Crippen molar-refractivity contribution >= 4 is 5.91 Å². The van der Waals surface area contributed by atoms with Gasteiger partial charge < -0.3 is 5.11 Å². The molecule has 0 saturated carbocycles. The molecular formula is C11H23N3O2. The number of amides is 1. The van der Waals surface area contributed by atoms with Crippen molar-refractivity contribution in [3.63, 3.8) is 0 Å². The molecule has 1 rings (SSSR count). The first-order valence-corrected chi connectivity index (χ1v) is 5.90. The Labute approximate surface area is 97.0 Å². The van der Waals surface area contributed by atoms with Crippen LogP contribution in [-0.2, 0) is 4.79 Å². The number of nitrogens with two attached hydrogens (primary N) is 1. The van der Waals surface area contributed by atoms with Gasteiger partial charge in [0, 0.05) is 6.54 Å². The topological polar surface area (TPSA) is 78.6 Å². The molecule has 0 aliphatic carbocycles. The van der Waals surface area contributed by atoms with Gasteiger partial charge in [0.25, 0.3) is 5.91 Å². The summed E-state index contributed by atoms with van der Waals surface area (Å²) in [5.41, 5.74) is 2.22. The van der Waals surface area contributed by atoms with Crippen molar-refractivity contribution < 1.29 is 9.90 Å². The number of carbonyl (C=O) groups excluding carboxylic acids is 1. The molecule has 0 bridgehead atoms. The summed E-state index contributed by atoms with van der Waals surface area (Å²) in [6.07, 6.45) is 0.636. The Bertz CT molecular complexity index is 243. The first-order valence-electron chi connectivity index (χ1n) is 5.90. The predicted octanol–water partition coefficient (Wildman–Crippen LogP) is -0.296. The summed E-state index contributed by atoms with van der Waals surface area (Å²) in [6, 6.07) is -0.186. The molecule has 1 aliphatic heterocycles. The van der Waals surface area contributed by atoms with Crippen molar-refractivity contribution in [3.05, 3.63) is 0 Å². The quantitative estimate of drug-likeness (QED) is 0.351. The van der Waals surface area contributed by atoms with Gasteiger partial charge in [-0.05, 0) is 31.7 Å². The van der Waals surface area contributed by atoms with Gasteiger partial charge in [-0.15, -0.1) is 0 Å². The van der Waals surface area contributed by atoms with E-state index in [-0.39, 0.29) is 29.9 Å². The maximum Gasteiger partial charge on any atom is 0.251 e. The largest absolute Gasteiger partial charge is 0.393 e. The highest BCUT2D eigenvalue weighted by Crippen LogP contribution is 2.24. The van der Waals surface area contributed by atoms with E-state index in [4.69, 9.17) is 5.84 Å². The molecule has 1 saturated heterocycles. The molecule has 0 aromatic heterocycles. The average molecular weight is 229 g/mol. The molecule has 0 aromatic carbocycles. The van der Waals surface area contributed by atoms with Crippen LogP contribution in [0.1, 0.15) is 27.2 Å². The van der Waals surface area contributed by atoms with Crippen LogP contribution in [0.4, 0.5) is 0 Å². The molecule has 1 amide bonds. The Balaban J connectivity index is 2.64. The van der Waals surface area contributed by atoms with E-state index >= 15 is 0 Å². The minimum Gasteiger partial charge on any atom is -0.393 e. The zero-order valence-corrected chi connectivity index (χ0v) is 10.3. The molecular weight excluding hydrogens is 206 g/mol. The summed E-state index contributed by atoms with van der Waals surface area (Å²) >= 11 is 0. The third-order valence-corrected chi connectivity index (χ3v) is 3.37. The molecule has 3 atom stereocenters. The number of nitrogens with one attached hydrogen (secondary N) is 1. The van der Waals surface area contributed by atoms with Gasteiger partial charge in [-0.2, -0.15) is 0 Å². The fourth-order valence-corrected chi connectivity index (χ4v) is 2.44. The number of likely N-dealkylation sites (tertiary alicyclic amines) is 1. The monoisotopic (exact) mass is 229 g/mol. The molecule has 5 nitrogen and oxygen atoms in total. The zero-order chi connectivity index (χ0) is 12.3. The highest BCUT2D eigenvalue weighted by Gasteiger charge is 2.35. The van der Waals surface area contributed by atoms with Crippen LogP contribution in [0.5, 0.6) is 0 Å². The molecule has 4 N–H and O–H groups in total. The number of aliphatic hydroxyl groups is 1. The van der Waals surface area contributed by atoms with Gasteiger partial charge in [-0.1, -0.05) is 13.8 Å². The lowest BCUT2D eigenvalue weighted by Crippen LogP contribution is -2.51. The normalized spacial score (nSPS) is 25.8. The highest BCUT2D eigenvalue weighted by molar-refractivity contribution is 5.81.